The third kappa shape index (κ3) is 4.27. The molecule has 0 aromatic heterocycles. The van der Waals surface area contributed by atoms with E-state index in [4.69, 9.17) is 10.2 Å². The average molecular weight is 280 g/mol. The van der Waals surface area contributed by atoms with Crippen molar-refractivity contribution in [2.45, 2.75) is 26.3 Å². The first kappa shape index (κ1) is 15.5. The average Bonchev–Trinajstić information content (AvgIpc) is 2.37. The molecule has 7 nitrogen and oxygen atoms in total. The van der Waals surface area contributed by atoms with Crippen LogP contribution >= 0.6 is 0 Å². The van der Waals surface area contributed by atoms with E-state index in [2.05, 4.69) is 10.6 Å². The van der Waals surface area contributed by atoms with Crippen molar-refractivity contribution in [2.24, 2.45) is 0 Å². The quantitative estimate of drug-likeness (QED) is 0.658. The summed E-state index contributed by atoms with van der Waals surface area (Å²) >= 11 is 0. The van der Waals surface area contributed by atoms with Gasteiger partial charge in [0, 0.05) is 11.7 Å². The van der Waals surface area contributed by atoms with E-state index in [0.29, 0.717) is 0 Å². The van der Waals surface area contributed by atoms with Gasteiger partial charge in [-0.2, -0.15) is 0 Å². The number of hydrogen-bond donors (Lipinski definition) is 4. The zero-order valence-corrected chi connectivity index (χ0v) is 11.1. The van der Waals surface area contributed by atoms with Gasteiger partial charge in [-0.25, -0.2) is 14.4 Å². The summed E-state index contributed by atoms with van der Waals surface area (Å²) < 4.78 is 0. The summed E-state index contributed by atoms with van der Waals surface area (Å²) in [6, 6.07) is 2.87. The zero-order chi connectivity index (χ0) is 15.3. The van der Waals surface area contributed by atoms with Gasteiger partial charge in [-0.1, -0.05) is 6.92 Å². The van der Waals surface area contributed by atoms with Gasteiger partial charge in [0.1, 0.15) is 0 Å². The first-order chi connectivity index (χ1) is 9.33. The molecule has 0 aliphatic rings. The van der Waals surface area contributed by atoms with E-state index in [-0.39, 0.29) is 22.9 Å². The molecule has 1 atom stereocenters. The number of anilines is 1. The fraction of sp³-hybridized carbons (Fsp3) is 0.308. The maximum absolute atomic E-state index is 11.6. The summed E-state index contributed by atoms with van der Waals surface area (Å²) in [6.07, 6.45) is 0.739. The van der Waals surface area contributed by atoms with Crippen molar-refractivity contribution in [3.63, 3.8) is 0 Å². The van der Waals surface area contributed by atoms with Crippen molar-refractivity contribution in [2.75, 3.05) is 5.32 Å². The van der Waals surface area contributed by atoms with Gasteiger partial charge >= 0.3 is 18.0 Å². The summed E-state index contributed by atoms with van der Waals surface area (Å²) in [6.45, 7) is 3.72. The topological polar surface area (TPSA) is 116 Å². The maximum atomic E-state index is 11.6. The van der Waals surface area contributed by atoms with Gasteiger partial charge in [-0.15, -0.1) is 0 Å². The van der Waals surface area contributed by atoms with Crippen molar-refractivity contribution in [3.05, 3.63) is 29.3 Å². The van der Waals surface area contributed by atoms with Crippen LogP contribution in [0.3, 0.4) is 0 Å². The number of carbonyl (C=O) groups excluding carboxylic acids is 1. The summed E-state index contributed by atoms with van der Waals surface area (Å²) in [7, 11) is 0. The van der Waals surface area contributed by atoms with E-state index in [9.17, 15) is 14.4 Å². The summed E-state index contributed by atoms with van der Waals surface area (Å²) in [5.41, 5.74) is -0.296. The van der Waals surface area contributed by atoms with Crippen molar-refractivity contribution >= 4 is 23.7 Å². The van der Waals surface area contributed by atoms with Crippen LogP contribution in [-0.4, -0.2) is 34.2 Å². The van der Waals surface area contributed by atoms with E-state index >= 15 is 0 Å². The molecule has 0 spiro atoms. The molecule has 0 aliphatic carbocycles. The molecule has 4 N–H and O–H groups in total. The number of hydrogen-bond acceptors (Lipinski definition) is 3. The standard InChI is InChI=1S/C13H16N2O5/c1-3-7(2)14-13(20)15-10-5-8(11(16)17)4-9(6-10)12(18)19/h4-7H,3H2,1-2H3,(H,16,17)(H,18,19)(H2,14,15,20). The van der Waals surface area contributed by atoms with Gasteiger partial charge in [0.2, 0.25) is 0 Å². The SMILES string of the molecule is CCC(C)NC(=O)Nc1cc(C(=O)O)cc(C(=O)O)c1. The predicted molar refractivity (Wildman–Crippen MR) is 72.3 cm³/mol. The molecule has 0 saturated heterocycles. The highest BCUT2D eigenvalue weighted by Crippen LogP contribution is 2.15. The number of carboxylic acid groups (broad SMARTS) is 2. The summed E-state index contributed by atoms with van der Waals surface area (Å²) in [5.74, 6) is -2.53. The third-order valence-corrected chi connectivity index (χ3v) is 2.67. The first-order valence-corrected chi connectivity index (χ1v) is 6.02. The molecule has 0 aliphatic heterocycles. The predicted octanol–water partition coefficient (Wildman–Crippen LogP) is 2.00. The minimum atomic E-state index is -1.27. The molecule has 1 unspecified atom stereocenters. The van der Waals surface area contributed by atoms with Crippen LogP contribution in [0.25, 0.3) is 0 Å². The number of amides is 2. The van der Waals surface area contributed by atoms with Gasteiger partial charge in [0.05, 0.1) is 11.1 Å². The number of nitrogens with one attached hydrogen (secondary N) is 2. The Hall–Kier alpha value is -2.57. The van der Waals surface area contributed by atoms with E-state index in [0.717, 1.165) is 12.5 Å². The Morgan fingerprint density at radius 2 is 1.60 bits per heavy atom. The Labute approximate surface area is 115 Å². The van der Waals surface area contributed by atoms with Crippen LogP contribution in [0.5, 0.6) is 0 Å². The Bertz CT molecular complexity index is 509. The maximum Gasteiger partial charge on any atom is 0.335 e. The molecule has 0 heterocycles. The summed E-state index contributed by atoms with van der Waals surface area (Å²) in [4.78, 5) is 33.5. The Balaban J connectivity index is 2.97. The van der Waals surface area contributed by atoms with Crippen LogP contribution in [0, 0.1) is 0 Å². The molecule has 1 aromatic rings. The normalized spacial score (nSPS) is 11.5. The van der Waals surface area contributed by atoms with Crippen LogP contribution in [0.4, 0.5) is 10.5 Å². The van der Waals surface area contributed by atoms with Gasteiger partial charge < -0.3 is 20.8 Å². The van der Waals surface area contributed by atoms with Crippen LogP contribution in [0.1, 0.15) is 41.0 Å². The number of aromatic carboxylic acids is 2. The van der Waals surface area contributed by atoms with Gasteiger partial charge in [0.25, 0.3) is 0 Å². The highest BCUT2D eigenvalue weighted by atomic mass is 16.4. The second-order valence-electron chi connectivity index (χ2n) is 4.32. The number of carbonyl (C=O) groups is 3. The fourth-order valence-corrected chi connectivity index (χ4v) is 1.44. The van der Waals surface area contributed by atoms with Crippen LogP contribution in [0.15, 0.2) is 18.2 Å². The summed E-state index contributed by atoms with van der Waals surface area (Å²) in [5, 5.41) is 22.9. The van der Waals surface area contributed by atoms with Gasteiger partial charge in [-0.05, 0) is 31.5 Å². The van der Waals surface area contributed by atoms with Crippen LogP contribution < -0.4 is 10.6 Å². The highest BCUT2D eigenvalue weighted by Gasteiger charge is 2.13. The molecular formula is C13H16N2O5. The van der Waals surface area contributed by atoms with E-state index in [1.54, 1.807) is 0 Å². The second kappa shape index (κ2) is 6.55. The number of rotatable bonds is 5. The molecule has 0 radical (unpaired) electrons. The lowest BCUT2D eigenvalue weighted by Gasteiger charge is -2.13. The van der Waals surface area contributed by atoms with Crippen molar-refractivity contribution in [3.8, 4) is 0 Å². The number of carboxylic acids is 2. The van der Waals surface area contributed by atoms with Crippen LogP contribution in [-0.2, 0) is 0 Å². The molecule has 0 saturated carbocycles. The molecule has 1 rings (SSSR count). The van der Waals surface area contributed by atoms with E-state index < -0.39 is 18.0 Å². The van der Waals surface area contributed by atoms with Crippen molar-refractivity contribution in [1.29, 1.82) is 0 Å². The molecular weight excluding hydrogens is 264 g/mol. The largest absolute Gasteiger partial charge is 0.478 e. The molecule has 108 valence electrons. The molecule has 0 bridgehead atoms. The highest BCUT2D eigenvalue weighted by molar-refractivity contribution is 5.98. The van der Waals surface area contributed by atoms with E-state index in [1.807, 2.05) is 13.8 Å². The first-order valence-electron chi connectivity index (χ1n) is 6.02. The number of urea groups is 1. The zero-order valence-electron chi connectivity index (χ0n) is 11.1. The van der Waals surface area contributed by atoms with Gasteiger partial charge in [-0.3, -0.25) is 0 Å². The fourth-order valence-electron chi connectivity index (χ4n) is 1.44. The molecule has 2 amide bonds. The van der Waals surface area contributed by atoms with Crippen LogP contribution in [0.2, 0.25) is 0 Å². The third-order valence-electron chi connectivity index (χ3n) is 2.67. The van der Waals surface area contributed by atoms with E-state index in [1.165, 1.54) is 12.1 Å². The lowest BCUT2D eigenvalue weighted by Crippen LogP contribution is -2.35. The molecule has 1 aromatic carbocycles. The molecule has 20 heavy (non-hydrogen) atoms. The van der Waals surface area contributed by atoms with Crippen molar-refractivity contribution < 1.29 is 24.6 Å². The lowest BCUT2D eigenvalue weighted by molar-refractivity contribution is 0.0696. The Morgan fingerprint density at radius 1 is 1.10 bits per heavy atom. The molecule has 0 fully saturated rings. The number of benzene rings is 1. The molecule has 7 heteroatoms. The smallest absolute Gasteiger partial charge is 0.335 e. The Morgan fingerprint density at radius 3 is 2.00 bits per heavy atom. The van der Waals surface area contributed by atoms with Gasteiger partial charge in [0.15, 0.2) is 0 Å². The second-order valence-corrected chi connectivity index (χ2v) is 4.32. The minimum Gasteiger partial charge on any atom is -0.478 e. The lowest BCUT2D eigenvalue weighted by atomic mass is 10.1. The minimum absolute atomic E-state index is 0.0448. The van der Waals surface area contributed by atoms with Crippen molar-refractivity contribution in [1.82, 2.24) is 5.32 Å². The monoisotopic (exact) mass is 280 g/mol. The Kier molecular flexibility index (Phi) is 5.08.